The molecule has 0 saturated carbocycles. The predicted octanol–water partition coefficient (Wildman–Crippen LogP) is 3.55. The van der Waals surface area contributed by atoms with Crippen molar-refractivity contribution in [3.63, 3.8) is 0 Å². The van der Waals surface area contributed by atoms with Crippen molar-refractivity contribution in [2.75, 3.05) is 18.4 Å². The molecule has 1 N–H and O–H groups in total. The van der Waals surface area contributed by atoms with Crippen molar-refractivity contribution in [3.05, 3.63) is 65.5 Å². The predicted molar refractivity (Wildman–Crippen MR) is 99.2 cm³/mol. The van der Waals surface area contributed by atoms with E-state index in [0.29, 0.717) is 31.5 Å². The van der Waals surface area contributed by atoms with Gasteiger partial charge < -0.3 is 10.2 Å². The van der Waals surface area contributed by atoms with Crippen molar-refractivity contribution < 1.29 is 14.0 Å². The number of amides is 2. The summed E-state index contributed by atoms with van der Waals surface area (Å²) in [6, 6.07) is 13.8. The van der Waals surface area contributed by atoms with E-state index in [4.69, 9.17) is 0 Å². The summed E-state index contributed by atoms with van der Waals surface area (Å²) < 4.78 is 13.2. The first kappa shape index (κ1) is 18.1. The van der Waals surface area contributed by atoms with Crippen LogP contribution in [-0.2, 0) is 16.0 Å². The quantitative estimate of drug-likeness (QED) is 0.913. The van der Waals surface area contributed by atoms with Gasteiger partial charge in [-0.15, -0.1) is 0 Å². The Morgan fingerprint density at radius 2 is 1.81 bits per heavy atom. The van der Waals surface area contributed by atoms with Crippen LogP contribution in [0.2, 0.25) is 0 Å². The molecule has 0 spiro atoms. The molecule has 2 amide bonds. The van der Waals surface area contributed by atoms with E-state index in [9.17, 15) is 14.0 Å². The normalized spacial score (nSPS) is 14.9. The number of anilines is 1. The van der Waals surface area contributed by atoms with Crippen LogP contribution in [0.5, 0.6) is 0 Å². The molecule has 0 aromatic heterocycles. The van der Waals surface area contributed by atoms with E-state index in [1.54, 1.807) is 17.0 Å². The molecule has 136 valence electrons. The number of nitrogens with zero attached hydrogens (tertiary/aromatic N) is 1. The first-order valence-electron chi connectivity index (χ1n) is 8.91. The van der Waals surface area contributed by atoms with Crippen LogP contribution in [0.3, 0.4) is 0 Å². The van der Waals surface area contributed by atoms with Crippen molar-refractivity contribution in [1.29, 1.82) is 0 Å². The van der Waals surface area contributed by atoms with Gasteiger partial charge in [-0.1, -0.05) is 29.8 Å². The number of halogens is 1. The third-order valence-corrected chi connectivity index (χ3v) is 4.78. The molecule has 5 heteroatoms. The van der Waals surface area contributed by atoms with Crippen molar-refractivity contribution in [2.24, 2.45) is 5.92 Å². The minimum absolute atomic E-state index is 0.00563. The maximum Gasteiger partial charge on any atom is 0.227 e. The lowest BCUT2D eigenvalue weighted by Gasteiger charge is -2.31. The highest BCUT2D eigenvalue weighted by Gasteiger charge is 2.27. The zero-order chi connectivity index (χ0) is 18.5. The molecule has 1 fully saturated rings. The summed E-state index contributed by atoms with van der Waals surface area (Å²) in [6.07, 6.45) is 1.48. The van der Waals surface area contributed by atoms with Crippen LogP contribution in [0.25, 0.3) is 0 Å². The second kappa shape index (κ2) is 8.13. The molecule has 2 aromatic carbocycles. The average Bonchev–Trinajstić information content (AvgIpc) is 2.64. The highest BCUT2D eigenvalue weighted by Crippen LogP contribution is 2.20. The number of hydrogen-bond acceptors (Lipinski definition) is 2. The van der Waals surface area contributed by atoms with Crippen molar-refractivity contribution >= 4 is 17.5 Å². The highest BCUT2D eigenvalue weighted by atomic mass is 19.1. The second-order valence-electron chi connectivity index (χ2n) is 6.82. The van der Waals surface area contributed by atoms with Gasteiger partial charge in [-0.05, 0) is 49.6 Å². The summed E-state index contributed by atoms with van der Waals surface area (Å²) in [5.74, 6) is -0.435. The Balaban J connectivity index is 1.49. The van der Waals surface area contributed by atoms with Gasteiger partial charge in [0.25, 0.3) is 0 Å². The van der Waals surface area contributed by atoms with E-state index >= 15 is 0 Å². The van der Waals surface area contributed by atoms with E-state index in [0.717, 1.165) is 11.3 Å². The molecule has 0 radical (unpaired) electrons. The number of carbonyl (C=O) groups excluding carboxylic acids is 2. The topological polar surface area (TPSA) is 49.4 Å². The second-order valence-corrected chi connectivity index (χ2v) is 6.82. The average molecular weight is 354 g/mol. The summed E-state index contributed by atoms with van der Waals surface area (Å²) in [5.41, 5.74) is 2.62. The molecule has 1 aliphatic heterocycles. The van der Waals surface area contributed by atoms with E-state index in [-0.39, 0.29) is 30.0 Å². The van der Waals surface area contributed by atoms with Crippen LogP contribution in [0.4, 0.5) is 10.1 Å². The highest BCUT2D eigenvalue weighted by molar-refractivity contribution is 5.92. The number of benzene rings is 2. The Labute approximate surface area is 153 Å². The lowest BCUT2D eigenvalue weighted by atomic mass is 9.95. The zero-order valence-corrected chi connectivity index (χ0v) is 14.9. The van der Waals surface area contributed by atoms with Gasteiger partial charge in [0.1, 0.15) is 5.82 Å². The first-order valence-corrected chi connectivity index (χ1v) is 8.91. The van der Waals surface area contributed by atoms with E-state index in [1.165, 1.54) is 12.1 Å². The molecular formula is C21H23FN2O2. The number of rotatable bonds is 4. The van der Waals surface area contributed by atoms with Gasteiger partial charge in [0.05, 0.1) is 6.42 Å². The summed E-state index contributed by atoms with van der Waals surface area (Å²) in [5, 5.41) is 2.94. The molecule has 1 aliphatic rings. The van der Waals surface area contributed by atoms with Crippen molar-refractivity contribution in [1.82, 2.24) is 4.90 Å². The molecule has 1 saturated heterocycles. The maximum atomic E-state index is 13.2. The molecule has 0 unspecified atom stereocenters. The maximum absolute atomic E-state index is 13.2. The molecular weight excluding hydrogens is 331 g/mol. The third-order valence-electron chi connectivity index (χ3n) is 4.78. The summed E-state index contributed by atoms with van der Waals surface area (Å²) in [6.45, 7) is 3.11. The molecule has 4 nitrogen and oxygen atoms in total. The number of carbonyl (C=O) groups is 2. The zero-order valence-electron chi connectivity index (χ0n) is 14.9. The van der Waals surface area contributed by atoms with Crippen LogP contribution in [0, 0.1) is 18.7 Å². The molecule has 2 aromatic rings. The van der Waals surface area contributed by atoms with Crippen molar-refractivity contribution in [3.8, 4) is 0 Å². The van der Waals surface area contributed by atoms with Gasteiger partial charge >= 0.3 is 0 Å². The van der Waals surface area contributed by atoms with Crippen molar-refractivity contribution in [2.45, 2.75) is 26.2 Å². The molecule has 1 heterocycles. The van der Waals surface area contributed by atoms with Gasteiger partial charge in [-0.3, -0.25) is 9.59 Å². The Morgan fingerprint density at radius 1 is 1.12 bits per heavy atom. The van der Waals surface area contributed by atoms with Crippen LogP contribution in [0.15, 0.2) is 48.5 Å². The van der Waals surface area contributed by atoms with Gasteiger partial charge in [0, 0.05) is 24.7 Å². The third kappa shape index (κ3) is 4.69. The number of aryl methyl sites for hydroxylation is 1. The molecule has 0 atom stereocenters. The van der Waals surface area contributed by atoms with Crippen LogP contribution in [0.1, 0.15) is 24.0 Å². The van der Waals surface area contributed by atoms with Crippen LogP contribution in [-0.4, -0.2) is 29.8 Å². The lowest BCUT2D eigenvalue weighted by molar-refractivity contribution is -0.133. The fourth-order valence-electron chi connectivity index (χ4n) is 3.21. The fourth-order valence-corrected chi connectivity index (χ4v) is 3.21. The van der Waals surface area contributed by atoms with E-state index in [1.807, 2.05) is 31.2 Å². The minimum atomic E-state index is -0.332. The summed E-state index contributed by atoms with van der Waals surface area (Å²) >= 11 is 0. The molecule has 3 rings (SSSR count). The SMILES string of the molecule is Cc1ccc(NC(=O)C2CCN(C(=O)Cc3cccc(F)c3)CC2)cc1. The smallest absolute Gasteiger partial charge is 0.227 e. The Morgan fingerprint density at radius 3 is 2.46 bits per heavy atom. The Hall–Kier alpha value is -2.69. The number of piperidine rings is 1. The van der Waals surface area contributed by atoms with Gasteiger partial charge in [0.2, 0.25) is 11.8 Å². The number of likely N-dealkylation sites (tertiary alicyclic amines) is 1. The minimum Gasteiger partial charge on any atom is -0.342 e. The largest absolute Gasteiger partial charge is 0.342 e. The number of hydrogen-bond donors (Lipinski definition) is 1. The van der Waals surface area contributed by atoms with E-state index in [2.05, 4.69) is 5.32 Å². The summed E-state index contributed by atoms with van der Waals surface area (Å²) in [7, 11) is 0. The molecule has 26 heavy (non-hydrogen) atoms. The van der Waals surface area contributed by atoms with Gasteiger partial charge in [-0.2, -0.15) is 0 Å². The number of nitrogens with one attached hydrogen (secondary N) is 1. The van der Waals surface area contributed by atoms with Crippen LogP contribution >= 0.6 is 0 Å². The fraction of sp³-hybridized carbons (Fsp3) is 0.333. The standard InChI is InChI=1S/C21H23FN2O2/c1-15-5-7-19(8-6-15)23-21(26)17-9-11-24(12-10-17)20(25)14-16-3-2-4-18(22)13-16/h2-8,13,17H,9-12,14H2,1H3,(H,23,26). The molecule has 0 bridgehead atoms. The Bertz CT molecular complexity index is 781. The molecule has 0 aliphatic carbocycles. The Kier molecular flexibility index (Phi) is 5.66. The first-order chi connectivity index (χ1) is 12.5. The van der Waals surface area contributed by atoms with Gasteiger partial charge in [0.15, 0.2) is 0 Å². The summed E-state index contributed by atoms with van der Waals surface area (Å²) in [4.78, 5) is 26.5. The lowest BCUT2D eigenvalue weighted by Crippen LogP contribution is -2.42. The monoisotopic (exact) mass is 354 g/mol. The van der Waals surface area contributed by atoms with Crippen LogP contribution < -0.4 is 5.32 Å². The van der Waals surface area contributed by atoms with E-state index < -0.39 is 0 Å². The van der Waals surface area contributed by atoms with Gasteiger partial charge in [-0.25, -0.2) is 4.39 Å².